The summed E-state index contributed by atoms with van der Waals surface area (Å²) in [6.07, 6.45) is 1.34. The second-order valence-electron chi connectivity index (χ2n) is 7.00. The number of hydrazine groups is 1. The van der Waals surface area contributed by atoms with Crippen molar-refractivity contribution in [2.45, 2.75) is 11.8 Å². The van der Waals surface area contributed by atoms with Crippen LogP contribution in [0.2, 0.25) is 0 Å². The molecule has 3 aromatic rings. The van der Waals surface area contributed by atoms with Crippen LogP contribution < -0.4 is 15.2 Å². The molecule has 0 saturated carbocycles. The lowest BCUT2D eigenvalue weighted by Gasteiger charge is -2.14. The van der Waals surface area contributed by atoms with E-state index in [9.17, 15) is 22.8 Å². The van der Waals surface area contributed by atoms with Crippen LogP contribution in [0.25, 0.3) is 17.4 Å². The SMILES string of the molecule is CC(=O)NS(=O)(=O)c1ccc(-c2ccc(C=C3C(=O)NN(c4ccc(Br)cc4)C3=O)o2)cc1. The molecule has 3 amide bonds. The quantitative estimate of drug-likeness (QED) is 0.386. The fraction of sp³-hybridized carbons (Fsp3) is 0.0455. The summed E-state index contributed by atoms with van der Waals surface area (Å²) in [6, 6.07) is 15.8. The molecule has 11 heteroatoms. The second-order valence-corrected chi connectivity index (χ2v) is 9.60. The number of nitrogens with zero attached hydrogens (tertiary/aromatic N) is 1. The minimum Gasteiger partial charge on any atom is -0.457 e. The van der Waals surface area contributed by atoms with Crippen LogP contribution in [0.4, 0.5) is 5.69 Å². The van der Waals surface area contributed by atoms with Crippen molar-refractivity contribution in [3.8, 4) is 11.3 Å². The van der Waals surface area contributed by atoms with Crippen molar-refractivity contribution in [1.82, 2.24) is 10.1 Å². The van der Waals surface area contributed by atoms with Crippen molar-refractivity contribution in [1.29, 1.82) is 0 Å². The summed E-state index contributed by atoms with van der Waals surface area (Å²) in [5, 5.41) is 1.15. The van der Waals surface area contributed by atoms with E-state index in [0.29, 0.717) is 17.0 Å². The Balaban J connectivity index is 1.55. The van der Waals surface area contributed by atoms with Gasteiger partial charge in [0.1, 0.15) is 17.1 Å². The molecule has 2 heterocycles. The van der Waals surface area contributed by atoms with Crippen LogP contribution in [0.15, 0.2) is 80.0 Å². The zero-order valence-corrected chi connectivity index (χ0v) is 19.4. The Bertz CT molecular complexity index is 1390. The average Bonchev–Trinajstić information content (AvgIpc) is 3.34. The van der Waals surface area contributed by atoms with Crippen LogP contribution in [-0.2, 0) is 24.4 Å². The summed E-state index contributed by atoms with van der Waals surface area (Å²) in [7, 11) is -3.94. The molecular weight excluding hydrogens is 514 g/mol. The molecular formula is C22H16BrN3O6S. The fourth-order valence-electron chi connectivity index (χ4n) is 3.10. The van der Waals surface area contributed by atoms with Crippen molar-refractivity contribution in [3.63, 3.8) is 0 Å². The minimum atomic E-state index is -3.94. The lowest BCUT2D eigenvalue weighted by Crippen LogP contribution is -2.35. The van der Waals surface area contributed by atoms with Gasteiger partial charge < -0.3 is 4.42 Å². The number of benzene rings is 2. The standard InChI is InChI=1S/C22H16BrN3O6S/c1-13(27)25-33(30,31)18-9-2-14(3-10-18)20-11-8-17(32-20)12-19-21(28)24-26(22(19)29)16-6-4-15(23)5-7-16/h2-12H,1H3,(H,24,28)(H,25,27). The predicted molar refractivity (Wildman–Crippen MR) is 123 cm³/mol. The van der Waals surface area contributed by atoms with Crippen LogP contribution in [0.5, 0.6) is 0 Å². The number of hydrogen-bond donors (Lipinski definition) is 2. The molecule has 0 atom stereocenters. The Morgan fingerprint density at radius 2 is 1.70 bits per heavy atom. The average molecular weight is 530 g/mol. The molecule has 2 N–H and O–H groups in total. The summed E-state index contributed by atoms with van der Waals surface area (Å²) in [4.78, 5) is 36.1. The summed E-state index contributed by atoms with van der Waals surface area (Å²) >= 11 is 3.32. The van der Waals surface area contributed by atoms with Crippen LogP contribution >= 0.6 is 15.9 Å². The topological polar surface area (TPSA) is 126 Å². The highest BCUT2D eigenvalue weighted by Crippen LogP contribution is 2.27. The van der Waals surface area contributed by atoms with Crippen molar-refractivity contribution in [2.24, 2.45) is 0 Å². The molecule has 168 valence electrons. The molecule has 0 unspecified atom stereocenters. The minimum absolute atomic E-state index is 0.0726. The van der Waals surface area contributed by atoms with Gasteiger partial charge in [-0.1, -0.05) is 15.9 Å². The van der Waals surface area contributed by atoms with Crippen LogP contribution in [-0.4, -0.2) is 26.1 Å². The second kappa shape index (κ2) is 8.68. The first-order valence-electron chi connectivity index (χ1n) is 9.50. The Morgan fingerprint density at radius 3 is 2.33 bits per heavy atom. The molecule has 1 aliphatic heterocycles. The molecule has 1 fully saturated rings. The molecule has 0 radical (unpaired) electrons. The summed E-state index contributed by atoms with van der Waals surface area (Å²) in [5.41, 5.74) is 3.51. The number of carbonyl (C=O) groups is 3. The van der Waals surface area contributed by atoms with Gasteiger partial charge in [0.25, 0.3) is 21.8 Å². The first-order valence-corrected chi connectivity index (χ1v) is 11.8. The lowest BCUT2D eigenvalue weighted by atomic mass is 10.2. The van der Waals surface area contributed by atoms with Crippen molar-refractivity contribution >= 4 is 55.4 Å². The molecule has 4 rings (SSSR count). The Labute approximate surface area is 197 Å². The molecule has 0 aliphatic carbocycles. The molecule has 1 aromatic heterocycles. The lowest BCUT2D eigenvalue weighted by molar-refractivity contribution is -0.118. The highest BCUT2D eigenvalue weighted by Gasteiger charge is 2.34. The molecule has 0 spiro atoms. The van der Waals surface area contributed by atoms with E-state index < -0.39 is 27.7 Å². The fourth-order valence-corrected chi connectivity index (χ4v) is 4.36. The highest BCUT2D eigenvalue weighted by atomic mass is 79.9. The summed E-state index contributed by atoms with van der Waals surface area (Å²) < 4.78 is 32.6. The van der Waals surface area contributed by atoms with Gasteiger partial charge in [-0.15, -0.1) is 0 Å². The third-order valence-electron chi connectivity index (χ3n) is 4.62. The first-order chi connectivity index (χ1) is 15.6. The van der Waals surface area contributed by atoms with Crippen molar-refractivity contribution in [2.75, 3.05) is 5.01 Å². The van der Waals surface area contributed by atoms with E-state index in [1.165, 1.54) is 30.3 Å². The van der Waals surface area contributed by atoms with Crippen LogP contribution in [0.3, 0.4) is 0 Å². The van der Waals surface area contributed by atoms with Crippen molar-refractivity contribution in [3.05, 3.63) is 76.5 Å². The number of furan rings is 1. The smallest absolute Gasteiger partial charge is 0.282 e. The van der Waals surface area contributed by atoms with E-state index in [-0.39, 0.29) is 16.2 Å². The largest absolute Gasteiger partial charge is 0.457 e. The number of sulfonamides is 1. The third kappa shape index (κ3) is 4.73. The zero-order chi connectivity index (χ0) is 23.8. The van der Waals surface area contributed by atoms with E-state index in [4.69, 9.17) is 4.42 Å². The van der Waals surface area contributed by atoms with E-state index in [1.54, 1.807) is 36.4 Å². The van der Waals surface area contributed by atoms with Gasteiger partial charge in [0.05, 0.1) is 10.6 Å². The molecule has 1 aliphatic rings. The number of rotatable bonds is 5. The number of halogens is 1. The number of amides is 3. The zero-order valence-electron chi connectivity index (χ0n) is 17.0. The van der Waals surface area contributed by atoms with E-state index >= 15 is 0 Å². The monoisotopic (exact) mass is 529 g/mol. The van der Waals surface area contributed by atoms with Crippen LogP contribution in [0, 0.1) is 0 Å². The normalized spacial score (nSPS) is 15.1. The highest BCUT2D eigenvalue weighted by molar-refractivity contribution is 9.10. The molecule has 1 saturated heterocycles. The maximum Gasteiger partial charge on any atom is 0.282 e. The maximum atomic E-state index is 12.7. The van der Waals surface area contributed by atoms with Crippen molar-refractivity contribution < 1.29 is 27.2 Å². The van der Waals surface area contributed by atoms with Gasteiger partial charge >= 0.3 is 0 Å². The molecule has 2 aromatic carbocycles. The van der Waals surface area contributed by atoms with Gasteiger partial charge in [-0.2, -0.15) is 0 Å². The van der Waals surface area contributed by atoms with E-state index in [0.717, 1.165) is 16.4 Å². The van der Waals surface area contributed by atoms with Gasteiger partial charge in [-0.3, -0.25) is 19.8 Å². The van der Waals surface area contributed by atoms with Gasteiger partial charge in [-0.25, -0.2) is 18.1 Å². The first kappa shape index (κ1) is 22.5. The van der Waals surface area contributed by atoms with Gasteiger partial charge in [0.15, 0.2) is 0 Å². The van der Waals surface area contributed by atoms with Gasteiger partial charge in [0.2, 0.25) is 5.91 Å². The number of hydrogen-bond acceptors (Lipinski definition) is 6. The predicted octanol–water partition coefficient (Wildman–Crippen LogP) is 3.00. The summed E-state index contributed by atoms with van der Waals surface area (Å²) in [6.45, 7) is 1.11. The maximum absolute atomic E-state index is 12.7. The van der Waals surface area contributed by atoms with Gasteiger partial charge in [-0.05, 0) is 66.7 Å². The summed E-state index contributed by atoms with van der Waals surface area (Å²) in [5.74, 6) is -1.09. The van der Waals surface area contributed by atoms with Crippen LogP contribution in [0.1, 0.15) is 12.7 Å². The number of anilines is 1. The van der Waals surface area contributed by atoms with E-state index in [2.05, 4.69) is 21.4 Å². The molecule has 33 heavy (non-hydrogen) atoms. The van der Waals surface area contributed by atoms with E-state index in [1.807, 2.05) is 4.72 Å². The number of nitrogens with one attached hydrogen (secondary N) is 2. The Hall–Kier alpha value is -3.70. The Morgan fingerprint density at radius 1 is 1.03 bits per heavy atom. The van der Waals surface area contributed by atoms with Gasteiger partial charge in [0, 0.05) is 17.0 Å². The molecule has 0 bridgehead atoms. The molecule has 9 nitrogen and oxygen atoms in total. The number of carbonyl (C=O) groups excluding carboxylic acids is 3. The Kier molecular flexibility index (Phi) is 5.91. The third-order valence-corrected chi connectivity index (χ3v) is 6.59.